The summed E-state index contributed by atoms with van der Waals surface area (Å²) in [6.45, 7) is 5.36. The quantitative estimate of drug-likeness (QED) is 0.757. The summed E-state index contributed by atoms with van der Waals surface area (Å²) < 4.78 is 10.4. The molecule has 1 unspecified atom stereocenters. The minimum atomic E-state index is -0.232. The van der Waals surface area contributed by atoms with E-state index >= 15 is 0 Å². The number of hydrogen-bond donors (Lipinski definition) is 1. The maximum absolute atomic E-state index is 11.6. The molecule has 1 rings (SSSR count). The van der Waals surface area contributed by atoms with Gasteiger partial charge < -0.3 is 14.8 Å². The Kier molecular flexibility index (Phi) is 7.91. The van der Waals surface area contributed by atoms with E-state index in [1.807, 2.05) is 20.8 Å². The van der Waals surface area contributed by atoms with Crippen molar-refractivity contribution in [1.29, 1.82) is 0 Å². The maximum Gasteiger partial charge on any atom is 0.246 e. The molecule has 0 aliphatic carbocycles. The van der Waals surface area contributed by atoms with E-state index < -0.39 is 0 Å². The summed E-state index contributed by atoms with van der Waals surface area (Å²) in [5.41, 5.74) is 0.879. The van der Waals surface area contributed by atoms with Gasteiger partial charge in [0.25, 0.3) is 0 Å². The summed E-state index contributed by atoms with van der Waals surface area (Å²) in [5.74, 6) is 0.116. The molecule has 1 atom stereocenters. The number of nitrogens with one attached hydrogen (secondary N) is 1. The van der Waals surface area contributed by atoms with Gasteiger partial charge in [0.1, 0.15) is 25.6 Å². The Balaban J connectivity index is 2.23. The van der Waals surface area contributed by atoms with E-state index in [0.29, 0.717) is 10.8 Å². The fourth-order valence-electron chi connectivity index (χ4n) is 1.59. The number of halogens is 1. The number of hydrogen-bond acceptors (Lipinski definition) is 4. The van der Waals surface area contributed by atoms with Crippen LogP contribution in [0.1, 0.15) is 25.8 Å². The van der Waals surface area contributed by atoms with Gasteiger partial charge in [-0.1, -0.05) is 18.5 Å². The van der Waals surface area contributed by atoms with E-state index in [2.05, 4.69) is 5.32 Å². The van der Waals surface area contributed by atoms with Crippen LogP contribution in [0.2, 0.25) is 5.02 Å². The van der Waals surface area contributed by atoms with Gasteiger partial charge in [-0.05, 0) is 44.0 Å². The molecule has 6 heteroatoms. The van der Waals surface area contributed by atoms with Crippen molar-refractivity contribution >= 4 is 23.3 Å². The fourth-order valence-corrected chi connectivity index (χ4v) is 1.71. The van der Waals surface area contributed by atoms with Crippen LogP contribution in [0.3, 0.4) is 0 Å². The van der Waals surface area contributed by atoms with Gasteiger partial charge in [0.2, 0.25) is 5.91 Å². The minimum absolute atomic E-state index is 0.100. The van der Waals surface area contributed by atoms with Crippen LogP contribution in [0, 0.1) is 6.92 Å². The molecular formula is C16H22ClNO4. The molecule has 22 heavy (non-hydrogen) atoms. The Labute approximate surface area is 135 Å². The first-order valence-electron chi connectivity index (χ1n) is 7.20. The SMILES string of the molecule is CCC(C)NC(=O)COCC(=O)COc1ccc(Cl)c(C)c1. The third-order valence-electron chi connectivity index (χ3n) is 3.05. The Morgan fingerprint density at radius 3 is 2.64 bits per heavy atom. The predicted octanol–water partition coefficient (Wildman–Crippen LogP) is 2.53. The summed E-state index contributed by atoms with van der Waals surface area (Å²) >= 11 is 5.91. The van der Waals surface area contributed by atoms with Crippen LogP contribution in [0.15, 0.2) is 18.2 Å². The normalized spacial score (nSPS) is 11.8. The number of amides is 1. The summed E-state index contributed by atoms with van der Waals surface area (Å²) in [6.07, 6.45) is 0.846. The first-order valence-corrected chi connectivity index (χ1v) is 7.58. The highest BCUT2D eigenvalue weighted by molar-refractivity contribution is 6.31. The lowest BCUT2D eigenvalue weighted by Crippen LogP contribution is -2.35. The van der Waals surface area contributed by atoms with E-state index in [1.165, 1.54) is 0 Å². The van der Waals surface area contributed by atoms with E-state index in [1.54, 1.807) is 18.2 Å². The fraction of sp³-hybridized carbons (Fsp3) is 0.500. The van der Waals surface area contributed by atoms with Gasteiger partial charge in [0.15, 0.2) is 5.78 Å². The molecular weight excluding hydrogens is 306 g/mol. The molecule has 5 nitrogen and oxygen atoms in total. The predicted molar refractivity (Wildman–Crippen MR) is 85.4 cm³/mol. The number of aryl methyl sites for hydroxylation is 1. The van der Waals surface area contributed by atoms with E-state index in [9.17, 15) is 9.59 Å². The molecule has 0 saturated carbocycles. The molecule has 0 aromatic heterocycles. The second-order valence-corrected chi connectivity index (χ2v) is 5.52. The van der Waals surface area contributed by atoms with Crippen LogP contribution in [0.5, 0.6) is 5.75 Å². The van der Waals surface area contributed by atoms with Crippen LogP contribution in [-0.2, 0) is 14.3 Å². The van der Waals surface area contributed by atoms with Crippen molar-refractivity contribution in [3.63, 3.8) is 0 Å². The molecule has 0 spiro atoms. The highest BCUT2D eigenvalue weighted by atomic mass is 35.5. The lowest BCUT2D eigenvalue weighted by Gasteiger charge is -2.11. The standard InChI is InChI=1S/C16H22ClNO4/c1-4-12(3)18-16(20)10-21-8-13(19)9-22-14-5-6-15(17)11(2)7-14/h5-7,12H,4,8-10H2,1-3H3,(H,18,20). The molecule has 1 aromatic carbocycles. The van der Waals surface area contributed by atoms with Gasteiger partial charge in [-0.25, -0.2) is 0 Å². The molecule has 0 fully saturated rings. The second kappa shape index (κ2) is 9.43. The molecule has 0 aliphatic rings. The van der Waals surface area contributed by atoms with E-state index in [4.69, 9.17) is 21.1 Å². The average molecular weight is 328 g/mol. The van der Waals surface area contributed by atoms with Crippen LogP contribution in [0.25, 0.3) is 0 Å². The Morgan fingerprint density at radius 2 is 2.00 bits per heavy atom. The summed E-state index contributed by atoms with van der Waals surface area (Å²) in [7, 11) is 0. The van der Waals surface area contributed by atoms with Crippen molar-refractivity contribution in [2.75, 3.05) is 19.8 Å². The van der Waals surface area contributed by atoms with Gasteiger partial charge in [-0.15, -0.1) is 0 Å². The number of ketones is 1. The van der Waals surface area contributed by atoms with Gasteiger partial charge in [0.05, 0.1) is 0 Å². The Morgan fingerprint density at radius 1 is 1.27 bits per heavy atom. The first-order chi connectivity index (χ1) is 10.4. The number of rotatable bonds is 9. The first kappa shape index (κ1) is 18.5. The van der Waals surface area contributed by atoms with Gasteiger partial charge >= 0.3 is 0 Å². The summed E-state index contributed by atoms with van der Waals surface area (Å²) in [4.78, 5) is 23.1. The van der Waals surface area contributed by atoms with Crippen molar-refractivity contribution in [3.8, 4) is 5.75 Å². The third-order valence-corrected chi connectivity index (χ3v) is 3.47. The number of ether oxygens (including phenoxy) is 2. The smallest absolute Gasteiger partial charge is 0.246 e. The number of Topliss-reactive ketones (excluding diaryl/α,β-unsaturated/α-hetero) is 1. The zero-order chi connectivity index (χ0) is 16.5. The van der Waals surface area contributed by atoms with Crippen LogP contribution < -0.4 is 10.1 Å². The van der Waals surface area contributed by atoms with Crippen LogP contribution >= 0.6 is 11.6 Å². The zero-order valence-electron chi connectivity index (χ0n) is 13.1. The van der Waals surface area contributed by atoms with E-state index in [-0.39, 0.29) is 37.6 Å². The van der Waals surface area contributed by atoms with Gasteiger partial charge in [0, 0.05) is 11.1 Å². The molecule has 0 bridgehead atoms. The number of carbonyl (C=O) groups is 2. The number of benzene rings is 1. The molecule has 0 aliphatic heterocycles. The molecule has 1 N–H and O–H groups in total. The monoisotopic (exact) mass is 327 g/mol. The highest BCUT2D eigenvalue weighted by Gasteiger charge is 2.08. The van der Waals surface area contributed by atoms with E-state index in [0.717, 1.165) is 12.0 Å². The largest absolute Gasteiger partial charge is 0.486 e. The Hall–Kier alpha value is -1.59. The molecule has 0 heterocycles. The molecule has 0 saturated heterocycles. The maximum atomic E-state index is 11.6. The van der Waals surface area contributed by atoms with Crippen molar-refractivity contribution in [3.05, 3.63) is 28.8 Å². The van der Waals surface area contributed by atoms with Crippen molar-refractivity contribution in [2.45, 2.75) is 33.2 Å². The summed E-state index contributed by atoms with van der Waals surface area (Å²) in [6, 6.07) is 5.27. The number of carbonyl (C=O) groups excluding carboxylic acids is 2. The van der Waals surface area contributed by atoms with Crippen LogP contribution in [0.4, 0.5) is 0 Å². The third kappa shape index (κ3) is 6.91. The van der Waals surface area contributed by atoms with Gasteiger partial charge in [-0.2, -0.15) is 0 Å². The van der Waals surface area contributed by atoms with Crippen molar-refractivity contribution < 1.29 is 19.1 Å². The highest BCUT2D eigenvalue weighted by Crippen LogP contribution is 2.20. The van der Waals surface area contributed by atoms with Crippen LogP contribution in [-0.4, -0.2) is 37.6 Å². The van der Waals surface area contributed by atoms with Gasteiger partial charge in [-0.3, -0.25) is 9.59 Å². The van der Waals surface area contributed by atoms with Crippen molar-refractivity contribution in [1.82, 2.24) is 5.32 Å². The van der Waals surface area contributed by atoms with Crippen molar-refractivity contribution in [2.24, 2.45) is 0 Å². The summed E-state index contributed by atoms with van der Waals surface area (Å²) in [5, 5.41) is 3.40. The molecule has 0 radical (unpaired) electrons. The second-order valence-electron chi connectivity index (χ2n) is 5.11. The lowest BCUT2D eigenvalue weighted by atomic mass is 10.2. The molecule has 122 valence electrons. The zero-order valence-corrected chi connectivity index (χ0v) is 13.9. The molecule has 1 amide bonds. The minimum Gasteiger partial charge on any atom is -0.486 e. The Bertz CT molecular complexity index is 519. The lowest BCUT2D eigenvalue weighted by molar-refractivity contribution is -0.131. The topological polar surface area (TPSA) is 64.6 Å². The average Bonchev–Trinajstić information content (AvgIpc) is 2.48. The molecule has 1 aromatic rings.